The predicted octanol–water partition coefficient (Wildman–Crippen LogP) is -2.25. The van der Waals surface area contributed by atoms with Gasteiger partial charge in [-0.2, -0.15) is 0 Å². The SMILES string of the molecule is CC=COP(=O)(O)O.[H-].[Na+]. The van der Waals surface area contributed by atoms with Crippen LogP contribution in [-0.2, 0) is 9.09 Å². The second kappa shape index (κ2) is 5.47. The molecule has 4 nitrogen and oxygen atoms in total. The van der Waals surface area contributed by atoms with Gasteiger partial charge >= 0.3 is 37.4 Å². The molecule has 2 N–H and O–H groups in total. The van der Waals surface area contributed by atoms with Gasteiger partial charge in [0.05, 0.1) is 6.26 Å². The van der Waals surface area contributed by atoms with Crippen molar-refractivity contribution in [3.63, 3.8) is 0 Å². The number of hydrogen-bond acceptors (Lipinski definition) is 2. The minimum absolute atomic E-state index is 0. The molecule has 0 heterocycles. The van der Waals surface area contributed by atoms with E-state index in [0.29, 0.717) is 0 Å². The third-order valence-corrected chi connectivity index (χ3v) is 0.731. The van der Waals surface area contributed by atoms with Crippen LogP contribution in [0.5, 0.6) is 0 Å². The van der Waals surface area contributed by atoms with Crippen molar-refractivity contribution in [2.24, 2.45) is 0 Å². The predicted molar refractivity (Wildman–Crippen MR) is 29.1 cm³/mol. The minimum atomic E-state index is -4.27. The fraction of sp³-hybridized carbons (Fsp3) is 0.333. The number of rotatable bonds is 2. The van der Waals surface area contributed by atoms with Crippen LogP contribution in [0.1, 0.15) is 8.35 Å². The van der Waals surface area contributed by atoms with Crippen molar-refractivity contribution in [1.82, 2.24) is 0 Å². The van der Waals surface area contributed by atoms with Crippen LogP contribution >= 0.6 is 7.82 Å². The zero-order chi connectivity index (χ0) is 6.62. The summed E-state index contributed by atoms with van der Waals surface area (Å²) in [6, 6.07) is 0. The summed E-state index contributed by atoms with van der Waals surface area (Å²) in [5.41, 5.74) is 0. The number of hydrogen-bond donors (Lipinski definition) is 2. The van der Waals surface area contributed by atoms with Gasteiger partial charge in [0.25, 0.3) is 0 Å². The van der Waals surface area contributed by atoms with Crippen LogP contribution in [-0.4, -0.2) is 9.79 Å². The van der Waals surface area contributed by atoms with E-state index in [9.17, 15) is 4.57 Å². The minimum Gasteiger partial charge on any atom is -1.00 e. The molecular weight excluding hydrogens is 154 g/mol. The number of phosphoric ester groups is 1. The quantitative estimate of drug-likeness (QED) is 0.273. The van der Waals surface area contributed by atoms with Gasteiger partial charge in [0.15, 0.2) is 0 Å². The first-order chi connectivity index (χ1) is 3.56. The topological polar surface area (TPSA) is 66.8 Å². The molecule has 0 bridgehead atoms. The molecular formula is C3H8NaO4P. The van der Waals surface area contributed by atoms with Crippen molar-refractivity contribution in [3.8, 4) is 0 Å². The summed E-state index contributed by atoms with van der Waals surface area (Å²) in [5.74, 6) is 0. The van der Waals surface area contributed by atoms with Crippen LogP contribution in [0, 0.1) is 0 Å². The van der Waals surface area contributed by atoms with Gasteiger partial charge in [-0.15, -0.1) is 0 Å². The number of allylic oxidation sites excluding steroid dienone is 1. The second-order valence-corrected chi connectivity index (χ2v) is 2.26. The largest absolute Gasteiger partial charge is 1.00 e. The van der Waals surface area contributed by atoms with Crippen LogP contribution in [0.25, 0.3) is 0 Å². The number of phosphoric acid groups is 1. The Morgan fingerprint density at radius 2 is 2.11 bits per heavy atom. The van der Waals surface area contributed by atoms with Crippen LogP contribution in [0.2, 0.25) is 0 Å². The zero-order valence-corrected chi connectivity index (χ0v) is 8.21. The summed E-state index contributed by atoms with van der Waals surface area (Å²) in [6.45, 7) is 1.59. The van der Waals surface area contributed by atoms with Gasteiger partial charge < -0.3 is 5.95 Å². The molecule has 0 amide bonds. The van der Waals surface area contributed by atoms with Crippen LogP contribution in [0.4, 0.5) is 0 Å². The molecule has 0 rings (SSSR count). The monoisotopic (exact) mass is 162 g/mol. The van der Waals surface area contributed by atoms with Crippen molar-refractivity contribution in [1.29, 1.82) is 0 Å². The van der Waals surface area contributed by atoms with E-state index < -0.39 is 7.82 Å². The Morgan fingerprint density at radius 3 is 2.22 bits per heavy atom. The summed E-state index contributed by atoms with van der Waals surface area (Å²) < 4.78 is 13.7. The van der Waals surface area contributed by atoms with E-state index in [1.54, 1.807) is 6.92 Å². The molecule has 6 heteroatoms. The third kappa shape index (κ3) is 12.0. The first kappa shape index (κ1) is 12.4. The first-order valence-electron chi connectivity index (χ1n) is 1.91. The van der Waals surface area contributed by atoms with Gasteiger partial charge in [0.2, 0.25) is 0 Å². The molecule has 0 aromatic carbocycles. The second-order valence-electron chi connectivity index (χ2n) is 1.07. The van der Waals surface area contributed by atoms with Gasteiger partial charge in [0.1, 0.15) is 0 Å². The molecule has 0 atom stereocenters. The standard InChI is InChI=1S/C3H7O4P.Na.H/c1-2-3-7-8(4,5)6;;/h2-3H,1H3,(H2,4,5,6);;/q;+1;-1. The molecule has 50 valence electrons. The Labute approximate surface area is 76.9 Å². The van der Waals surface area contributed by atoms with Gasteiger partial charge in [0, 0.05) is 0 Å². The fourth-order valence-corrected chi connectivity index (χ4v) is 0.420. The van der Waals surface area contributed by atoms with Gasteiger partial charge in [-0.3, -0.25) is 9.79 Å². The summed E-state index contributed by atoms with van der Waals surface area (Å²) in [4.78, 5) is 16.0. The zero-order valence-electron chi connectivity index (χ0n) is 6.31. The Bertz CT molecular complexity index is 132. The van der Waals surface area contributed by atoms with E-state index in [0.717, 1.165) is 6.26 Å². The molecule has 0 aliphatic carbocycles. The molecule has 0 unspecified atom stereocenters. The van der Waals surface area contributed by atoms with E-state index >= 15 is 0 Å². The molecule has 9 heavy (non-hydrogen) atoms. The van der Waals surface area contributed by atoms with Crippen molar-refractivity contribution in [2.45, 2.75) is 6.92 Å². The summed E-state index contributed by atoms with van der Waals surface area (Å²) in [6.07, 6.45) is 2.33. The molecule has 0 saturated carbocycles. The normalized spacial score (nSPS) is 11.0. The van der Waals surface area contributed by atoms with Crippen LogP contribution < -0.4 is 29.6 Å². The molecule has 0 saturated heterocycles. The average molecular weight is 162 g/mol. The first-order valence-corrected chi connectivity index (χ1v) is 3.44. The smallest absolute Gasteiger partial charge is 1.00 e. The molecule has 0 aromatic rings. The van der Waals surface area contributed by atoms with Crippen molar-refractivity contribution >= 4 is 7.82 Å². The van der Waals surface area contributed by atoms with Crippen molar-refractivity contribution in [3.05, 3.63) is 12.3 Å². The van der Waals surface area contributed by atoms with Crippen molar-refractivity contribution in [2.75, 3.05) is 0 Å². The summed E-state index contributed by atoms with van der Waals surface area (Å²) in [5, 5.41) is 0. The molecule has 0 radical (unpaired) electrons. The summed E-state index contributed by atoms with van der Waals surface area (Å²) >= 11 is 0. The maximum Gasteiger partial charge on any atom is 1.00 e. The van der Waals surface area contributed by atoms with E-state index in [1.165, 1.54) is 6.08 Å². The Balaban J connectivity index is -0.000000245. The fourth-order valence-electron chi connectivity index (χ4n) is 0.140. The maximum atomic E-state index is 9.81. The van der Waals surface area contributed by atoms with Gasteiger partial charge in [-0.1, -0.05) is 6.08 Å². The Hall–Kier alpha value is 0.690. The van der Waals surface area contributed by atoms with Gasteiger partial charge in [-0.25, -0.2) is 4.57 Å². The Kier molecular flexibility index (Phi) is 7.52. The van der Waals surface area contributed by atoms with E-state index in [-0.39, 0.29) is 31.0 Å². The van der Waals surface area contributed by atoms with Gasteiger partial charge in [-0.05, 0) is 6.92 Å². The third-order valence-electron chi connectivity index (χ3n) is 0.334. The van der Waals surface area contributed by atoms with E-state index in [2.05, 4.69) is 4.52 Å². The molecule has 0 fully saturated rings. The van der Waals surface area contributed by atoms with Crippen molar-refractivity contribution < 1.29 is 49.9 Å². The Morgan fingerprint density at radius 1 is 1.67 bits per heavy atom. The van der Waals surface area contributed by atoms with Crippen LogP contribution in [0.3, 0.4) is 0 Å². The van der Waals surface area contributed by atoms with E-state index in [4.69, 9.17) is 9.79 Å². The maximum absolute atomic E-state index is 9.81. The molecule has 0 aliphatic rings. The molecule has 0 aliphatic heterocycles. The van der Waals surface area contributed by atoms with E-state index in [1.807, 2.05) is 0 Å². The molecule has 0 spiro atoms. The molecule has 0 aromatic heterocycles. The average Bonchev–Trinajstić information content (AvgIpc) is 1.59. The summed E-state index contributed by atoms with van der Waals surface area (Å²) in [7, 11) is -4.27. The van der Waals surface area contributed by atoms with Crippen LogP contribution in [0.15, 0.2) is 12.3 Å².